The maximum Gasteiger partial charge on any atom is 0.244 e. The topological polar surface area (TPSA) is 66.5 Å². The highest BCUT2D eigenvalue weighted by atomic mass is 79.9. The second-order valence-corrected chi connectivity index (χ2v) is 11.2. The van der Waals surface area contributed by atoms with Crippen molar-refractivity contribution in [1.82, 2.24) is 4.31 Å². The zero-order valence-electron chi connectivity index (χ0n) is 17.4. The fraction of sp³-hybridized carbons (Fsp3) is 0.409. The van der Waals surface area contributed by atoms with Crippen molar-refractivity contribution in [3.8, 4) is 0 Å². The van der Waals surface area contributed by atoms with Crippen LogP contribution in [0.5, 0.6) is 0 Å². The van der Waals surface area contributed by atoms with E-state index >= 15 is 0 Å². The van der Waals surface area contributed by atoms with Gasteiger partial charge in [0.2, 0.25) is 15.9 Å². The summed E-state index contributed by atoms with van der Waals surface area (Å²) in [5.74, 6) is -0.608. The zero-order chi connectivity index (χ0) is 22.8. The molecule has 1 N–H and O–H groups in total. The number of carbonyl (C=O) groups excluding carboxylic acids is 1. The van der Waals surface area contributed by atoms with Crippen molar-refractivity contribution in [3.63, 3.8) is 0 Å². The predicted octanol–water partition coefficient (Wildman–Crippen LogP) is 5.92. The smallest absolute Gasteiger partial charge is 0.244 e. The Kier molecular flexibility index (Phi) is 8.08. The van der Waals surface area contributed by atoms with Gasteiger partial charge in [0.25, 0.3) is 0 Å². The maximum atomic E-state index is 13.2. The van der Waals surface area contributed by atoms with Gasteiger partial charge >= 0.3 is 0 Å². The van der Waals surface area contributed by atoms with Crippen LogP contribution in [-0.4, -0.2) is 31.7 Å². The average molecular weight is 548 g/mol. The molecule has 3 rings (SSSR count). The number of amides is 1. The highest BCUT2D eigenvalue weighted by molar-refractivity contribution is 9.10. The van der Waals surface area contributed by atoms with Crippen molar-refractivity contribution in [2.75, 3.05) is 18.4 Å². The van der Waals surface area contributed by atoms with Gasteiger partial charge in [-0.3, -0.25) is 4.79 Å². The molecular formula is C22H25BrCl2N2O3S. The molecule has 0 aromatic heterocycles. The van der Waals surface area contributed by atoms with E-state index < -0.39 is 15.9 Å². The summed E-state index contributed by atoms with van der Waals surface area (Å²) in [6, 6.07) is 8.38. The minimum absolute atomic E-state index is 0.0304. The van der Waals surface area contributed by atoms with Gasteiger partial charge in [-0.05, 0) is 67.1 Å². The first-order valence-electron chi connectivity index (χ1n) is 10.2. The van der Waals surface area contributed by atoms with E-state index in [4.69, 9.17) is 23.2 Å². The standard InChI is InChI=1S/C22H25BrCl2N2O3S/c1-3-14-10-17(23)11-15(4-2)21(14)26-22(28)16-6-5-9-27(13-16)31(29,30)20-12-18(24)7-8-19(20)25/h7-8,10-12,16H,3-6,9,13H2,1-2H3,(H,26,28)/t16-/m1/s1. The van der Waals surface area contributed by atoms with Crippen molar-refractivity contribution >= 4 is 60.7 Å². The lowest BCUT2D eigenvalue weighted by molar-refractivity contribution is -0.120. The van der Waals surface area contributed by atoms with Crippen LogP contribution in [0.3, 0.4) is 0 Å². The Morgan fingerprint density at radius 3 is 2.42 bits per heavy atom. The highest BCUT2D eigenvalue weighted by Gasteiger charge is 2.34. The third-order valence-electron chi connectivity index (χ3n) is 5.54. The van der Waals surface area contributed by atoms with E-state index in [9.17, 15) is 13.2 Å². The molecule has 0 spiro atoms. The Bertz CT molecular complexity index is 1070. The van der Waals surface area contributed by atoms with E-state index in [1.165, 1.54) is 16.4 Å². The first-order valence-corrected chi connectivity index (χ1v) is 13.2. The molecule has 0 radical (unpaired) electrons. The fourth-order valence-electron chi connectivity index (χ4n) is 3.86. The van der Waals surface area contributed by atoms with Gasteiger partial charge in [-0.15, -0.1) is 0 Å². The first kappa shape index (κ1) is 24.5. The van der Waals surface area contributed by atoms with Gasteiger partial charge in [-0.1, -0.05) is 53.0 Å². The third kappa shape index (κ3) is 5.45. The van der Waals surface area contributed by atoms with Crippen molar-refractivity contribution in [2.45, 2.75) is 44.4 Å². The largest absolute Gasteiger partial charge is 0.325 e. The van der Waals surface area contributed by atoms with Crippen LogP contribution >= 0.6 is 39.1 Å². The average Bonchev–Trinajstić information content (AvgIpc) is 2.76. The minimum Gasteiger partial charge on any atom is -0.325 e. The van der Waals surface area contributed by atoms with Crippen LogP contribution in [-0.2, 0) is 27.7 Å². The summed E-state index contributed by atoms with van der Waals surface area (Å²) in [5.41, 5.74) is 2.92. The van der Waals surface area contributed by atoms with Crippen molar-refractivity contribution < 1.29 is 13.2 Å². The molecule has 1 aliphatic rings. The number of halogens is 3. The molecule has 1 aliphatic heterocycles. The molecule has 1 atom stereocenters. The number of hydrogen-bond donors (Lipinski definition) is 1. The first-order chi connectivity index (χ1) is 14.7. The van der Waals surface area contributed by atoms with E-state index in [1.807, 2.05) is 26.0 Å². The Morgan fingerprint density at radius 2 is 1.81 bits per heavy atom. The Labute approximate surface area is 202 Å². The molecule has 1 fully saturated rings. The lowest BCUT2D eigenvalue weighted by Crippen LogP contribution is -2.43. The van der Waals surface area contributed by atoms with E-state index in [0.29, 0.717) is 24.4 Å². The predicted molar refractivity (Wildman–Crippen MR) is 129 cm³/mol. The molecule has 0 aliphatic carbocycles. The number of sulfonamides is 1. The van der Waals surface area contributed by atoms with E-state index in [-0.39, 0.29) is 22.4 Å². The molecule has 5 nitrogen and oxygen atoms in total. The van der Waals surface area contributed by atoms with Crippen molar-refractivity contribution in [3.05, 3.63) is 56.0 Å². The van der Waals surface area contributed by atoms with Gasteiger partial charge in [-0.2, -0.15) is 4.31 Å². The molecular weight excluding hydrogens is 523 g/mol. The molecule has 1 heterocycles. The lowest BCUT2D eigenvalue weighted by Gasteiger charge is -2.31. The summed E-state index contributed by atoms with van der Waals surface area (Å²) >= 11 is 15.7. The summed E-state index contributed by atoms with van der Waals surface area (Å²) in [6.07, 6.45) is 2.78. The summed E-state index contributed by atoms with van der Waals surface area (Å²) in [4.78, 5) is 13.1. The van der Waals surface area contributed by atoms with Crippen LogP contribution in [0.4, 0.5) is 5.69 Å². The summed E-state index contributed by atoms with van der Waals surface area (Å²) < 4.78 is 28.7. The van der Waals surface area contributed by atoms with Crippen LogP contribution in [0, 0.1) is 5.92 Å². The summed E-state index contributed by atoms with van der Waals surface area (Å²) in [6.45, 7) is 4.53. The van der Waals surface area contributed by atoms with Crippen molar-refractivity contribution in [1.29, 1.82) is 0 Å². The number of nitrogens with one attached hydrogen (secondary N) is 1. The maximum absolute atomic E-state index is 13.2. The van der Waals surface area contributed by atoms with Gasteiger partial charge < -0.3 is 5.32 Å². The molecule has 0 bridgehead atoms. The van der Waals surface area contributed by atoms with Crippen LogP contribution < -0.4 is 5.32 Å². The molecule has 1 amide bonds. The van der Waals surface area contributed by atoms with Crippen LogP contribution in [0.15, 0.2) is 39.7 Å². The Balaban J connectivity index is 1.83. The number of anilines is 1. The second-order valence-electron chi connectivity index (χ2n) is 7.57. The highest BCUT2D eigenvalue weighted by Crippen LogP contribution is 2.32. The van der Waals surface area contributed by atoms with Crippen LogP contribution in [0.2, 0.25) is 10.0 Å². The lowest BCUT2D eigenvalue weighted by atomic mass is 9.97. The molecule has 31 heavy (non-hydrogen) atoms. The number of piperidine rings is 1. The second kappa shape index (κ2) is 10.2. The van der Waals surface area contributed by atoms with Gasteiger partial charge in [0.15, 0.2) is 0 Å². The normalized spacial score (nSPS) is 17.5. The van der Waals surface area contributed by atoms with Gasteiger partial charge in [0, 0.05) is 28.3 Å². The molecule has 168 valence electrons. The van der Waals surface area contributed by atoms with Crippen LogP contribution in [0.1, 0.15) is 37.8 Å². The Hall–Kier alpha value is -1.12. The van der Waals surface area contributed by atoms with Crippen LogP contribution in [0.25, 0.3) is 0 Å². The SMILES string of the molecule is CCc1cc(Br)cc(CC)c1NC(=O)[C@@H]1CCCN(S(=O)(=O)c2cc(Cl)ccc2Cl)C1. The molecule has 9 heteroatoms. The number of hydrogen-bond acceptors (Lipinski definition) is 3. The number of benzene rings is 2. The number of nitrogens with zero attached hydrogens (tertiary/aromatic N) is 1. The number of rotatable bonds is 6. The fourth-order valence-corrected chi connectivity index (χ4v) is 6.67. The Morgan fingerprint density at radius 1 is 1.16 bits per heavy atom. The number of carbonyl (C=O) groups is 1. The van der Waals surface area contributed by atoms with Gasteiger partial charge in [0.05, 0.1) is 10.9 Å². The molecule has 0 saturated carbocycles. The third-order valence-corrected chi connectivity index (χ3v) is 8.58. The molecule has 0 unspecified atom stereocenters. The van der Waals surface area contributed by atoms with Crippen molar-refractivity contribution in [2.24, 2.45) is 5.92 Å². The number of aryl methyl sites for hydroxylation is 2. The van der Waals surface area contributed by atoms with E-state index in [2.05, 4.69) is 21.2 Å². The minimum atomic E-state index is -3.86. The zero-order valence-corrected chi connectivity index (χ0v) is 21.3. The molecule has 2 aromatic rings. The molecule has 1 saturated heterocycles. The summed E-state index contributed by atoms with van der Waals surface area (Å²) in [5, 5.41) is 3.49. The quantitative estimate of drug-likeness (QED) is 0.488. The molecule has 2 aromatic carbocycles. The van der Waals surface area contributed by atoms with E-state index in [0.717, 1.165) is 34.1 Å². The monoisotopic (exact) mass is 546 g/mol. The van der Waals surface area contributed by atoms with E-state index in [1.54, 1.807) is 6.07 Å². The van der Waals surface area contributed by atoms with Gasteiger partial charge in [-0.25, -0.2) is 8.42 Å². The van der Waals surface area contributed by atoms with Gasteiger partial charge in [0.1, 0.15) is 4.90 Å². The summed E-state index contributed by atoms with van der Waals surface area (Å²) in [7, 11) is -3.86.